The molecule has 11 aromatic carbocycles. The normalized spacial score (nSPS) is 13.1. The zero-order valence-electron chi connectivity index (χ0n) is 40.0. The van der Waals surface area contributed by atoms with Crippen LogP contribution in [0.5, 0.6) is 23.0 Å². The Morgan fingerprint density at radius 3 is 0.986 bits per heavy atom. The Balaban J connectivity index is 1.01. The predicted molar refractivity (Wildman–Crippen MR) is 305 cm³/mol. The van der Waals surface area contributed by atoms with E-state index in [4.69, 9.17) is 9.47 Å². The molecule has 0 fully saturated rings. The van der Waals surface area contributed by atoms with Gasteiger partial charge in [0, 0.05) is 39.7 Å². The van der Waals surface area contributed by atoms with Crippen molar-refractivity contribution < 1.29 is 9.47 Å². The Morgan fingerprint density at radius 2 is 0.616 bits per heavy atom. The van der Waals surface area contributed by atoms with Gasteiger partial charge in [0.1, 0.15) is 23.0 Å². The molecule has 4 nitrogen and oxygen atoms in total. The highest BCUT2D eigenvalue weighted by molar-refractivity contribution is 7.02. The highest BCUT2D eigenvalue weighted by atomic mass is 16.5. The van der Waals surface area contributed by atoms with Crippen molar-refractivity contribution in [3.05, 3.63) is 254 Å². The summed E-state index contributed by atoms with van der Waals surface area (Å²) in [5.41, 5.74) is 23.9. The van der Waals surface area contributed by atoms with Crippen LogP contribution < -0.4 is 52.1 Å². The summed E-state index contributed by atoms with van der Waals surface area (Å²) in [5, 5.41) is 0. The maximum absolute atomic E-state index is 7.46. The Labute approximate surface area is 426 Å². The summed E-state index contributed by atoms with van der Waals surface area (Å²) in [4.78, 5) is 4.91. The van der Waals surface area contributed by atoms with Crippen molar-refractivity contribution in [1.29, 1.82) is 0 Å². The highest BCUT2D eigenvalue weighted by Gasteiger charge is 2.48. The van der Waals surface area contributed by atoms with Crippen LogP contribution in [0, 0.1) is 6.92 Å². The van der Waals surface area contributed by atoms with E-state index >= 15 is 0 Å². The highest BCUT2D eigenvalue weighted by Crippen LogP contribution is 2.48. The number of nitrogens with zero attached hydrogens (tertiary/aromatic N) is 2. The molecule has 73 heavy (non-hydrogen) atoms. The van der Waals surface area contributed by atoms with E-state index in [-0.39, 0.29) is 13.4 Å². The lowest BCUT2D eigenvalue weighted by atomic mass is 9.30. The molecule has 0 spiro atoms. The number of rotatable bonds is 6. The third kappa shape index (κ3) is 6.50. The first-order chi connectivity index (χ1) is 36.1. The summed E-state index contributed by atoms with van der Waals surface area (Å²) in [6.07, 6.45) is 0. The number of fused-ring (bicyclic) bond motifs is 8. The lowest BCUT2D eigenvalue weighted by Crippen LogP contribution is -2.63. The molecule has 4 aliphatic heterocycles. The van der Waals surface area contributed by atoms with Crippen LogP contribution in [0.1, 0.15) is 5.56 Å². The summed E-state index contributed by atoms with van der Waals surface area (Å²) in [5.74, 6) is 3.41. The molecule has 0 amide bonds. The number of ether oxygens (including phenoxy) is 2. The number of anilines is 6. The molecule has 11 aromatic rings. The smallest absolute Gasteiger partial charge is 0.256 e. The SMILES string of the molecule is Cc1c2c(cc3c1Oc1cc(-c4ccccc4)cc4c1B3c1ccc(-c3ccccc3)cc1N4c1ccccc1)B1c3ccc(-c4ccccc4)cc3N(c3ccccc3)c3cc(-c4ccccc4)cc(c31)O2. The minimum atomic E-state index is -0.145. The van der Waals surface area contributed by atoms with E-state index in [1.54, 1.807) is 0 Å². The van der Waals surface area contributed by atoms with Gasteiger partial charge >= 0.3 is 0 Å². The molecule has 340 valence electrons. The minimum absolute atomic E-state index is 0.145. The molecule has 0 bridgehead atoms. The van der Waals surface area contributed by atoms with Gasteiger partial charge in [-0.25, -0.2) is 0 Å². The van der Waals surface area contributed by atoms with Crippen molar-refractivity contribution in [2.75, 3.05) is 9.80 Å². The molecular formula is C67H44B2N2O2. The van der Waals surface area contributed by atoms with Crippen LogP contribution >= 0.6 is 0 Å². The fraction of sp³-hybridized carbons (Fsp3) is 0.0149. The van der Waals surface area contributed by atoms with Crippen molar-refractivity contribution >= 4 is 80.3 Å². The van der Waals surface area contributed by atoms with Gasteiger partial charge in [-0.05, 0) is 145 Å². The molecule has 0 saturated carbocycles. The quantitative estimate of drug-likeness (QED) is 0.155. The topological polar surface area (TPSA) is 24.9 Å². The molecule has 0 unspecified atom stereocenters. The lowest BCUT2D eigenvalue weighted by Gasteiger charge is -2.43. The van der Waals surface area contributed by atoms with E-state index in [9.17, 15) is 0 Å². The Hall–Kier alpha value is -9.25. The maximum Gasteiger partial charge on any atom is 0.256 e. The second-order valence-corrected chi connectivity index (χ2v) is 19.6. The average Bonchev–Trinajstić information content (AvgIpc) is 3.46. The van der Waals surface area contributed by atoms with Crippen molar-refractivity contribution in [3.8, 4) is 67.5 Å². The van der Waals surface area contributed by atoms with Crippen molar-refractivity contribution in [1.82, 2.24) is 0 Å². The summed E-state index contributed by atoms with van der Waals surface area (Å²) in [7, 11) is 0. The van der Waals surface area contributed by atoms with Gasteiger partial charge in [-0.15, -0.1) is 0 Å². The van der Waals surface area contributed by atoms with Crippen LogP contribution in [-0.2, 0) is 0 Å². The largest absolute Gasteiger partial charge is 0.458 e. The standard InChI is InChI=1S/C67H44B2N2O2/c1-43-66-56(68-54-34-32-48(44-20-8-2-9-21-44)36-58(54)70(52-28-16-6-17-29-52)60-38-50(40-62(72-66)64(60)68)46-24-12-4-13-25-46)42-57-67(43)73-63-41-51(47-26-14-5-15-27-47)39-61-65(63)69(57)55-35-33-49(45-22-10-3-11-23-45)37-59(55)71(61)53-30-18-7-19-31-53/h2-42H,1H3. The van der Waals surface area contributed by atoms with Crippen molar-refractivity contribution in [2.45, 2.75) is 6.92 Å². The minimum Gasteiger partial charge on any atom is -0.458 e. The molecule has 0 aliphatic carbocycles. The van der Waals surface area contributed by atoms with Gasteiger partial charge in [0.15, 0.2) is 0 Å². The fourth-order valence-electron chi connectivity index (χ4n) is 12.2. The molecular weight excluding hydrogens is 886 g/mol. The maximum atomic E-state index is 7.46. The predicted octanol–water partition coefficient (Wildman–Crippen LogP) is 13.5. The van der Waals surface area contributed by atoms with Crippen LogP contribution in [0.4, 0.5) is 34.1 Å². The zero-order chi connectivity index (χ0) is 48.1. The first-order valence-corrected chi connectivity index (χ1v) is 25.2. The van der Waals surface area contributed by atoms with Crippen LogP contribution in [-0.4, -0.2) is 13.4 Å². The molecule has 0 atom stereocenters. The third-order valence-electron chi connectivity index (χ3n) is 15.5. The zero-order valence-corrected chi connectivity index (χ0v) is 40.0. The van der Waals surface area contributed by atoms with Crippen molar-refractivity contribution in [3.63, 3.8) is 0 Å². The first kappa shape index (κ1) is 41.5. The molecule has 4 aliphatic rings. The summed E-state index contributed by atoms with van der Waals surface area (Å²) < 4.78 is 14.9. The number of para-hydroxylation sites is 2. The van der Waals surface area contributed by atoms with E-state index in [1.807, 2.05) is 0 Å². The lowest BCUT2D eigenvalue weighted by molar-refractivity contribution is 0.459. The molecule has 4 heterocycles. The number of hydrogen-bond acceptors (Lipinski definition) is 4. The average molecular weight is 931 g/mol. The molecule has 0 N–H and O–H groups in total. The van der Waals surface area contributed by atoms with Gasteiger partial charge in [-0.1, -0.05) is 188 Å². The van der Waals surface area contributed by atoms with E-state index in [0.29, 0.717) is 0 Å². The Morgan fingerprint density at radius 1 is 0.288 bits per heavy atom. The summed E-state index contributed by atoms with van der Waals surface area (Å²) in [6, 6.07) is 90.3. The molecule has 0 saturated heterocycles. The van der Waals surface area contributed by atoms with Crippen LogP contribution in [0.2, 0.25) is 0 Å². The first-order valence-electron chi connectivity index (χ1n) is 25.2. The second-order valence-electron chi connectivity index (χ2n) is 19.6. The van der Waals surface area contributed by atoms with Crippen LogP contribution in [0.3, 0.4) is 0 Å². The van der Waals surface area contributed by atoms with Crippen molar-refractivity contribution in [2.24, 2.45) is 0 Å². The van der Waals surface area contributed by atoms with Gasteiger partial charge < -0.3 is 19.3 Å². The van der Waals surface area contributed by atoms with Gasteiger partial charge in [0.05, 0.1) is 0 Å². The third-order valence-corrected chi connectivity index (χ3v) is 15.5. The molecule has 0 aromatic heterocycles. The van der Waals surface area contributed by atoms with E-state index < -0.39 is 0 Å². The van der Waals surface area contributed by atoms with Gasteiger partial charge in [0.2, 0.25) is 0 Å². The monoisotopic (exact) mass is 930 g/mol. The summed E-state index contributed by atoms with van der Waals surface area (Å²) >= 11 is 0. The van der Waals surface area contributed by atoms with E-state index in [2.05, 4.69) is 265 Å². The van der Waals surface area contributed by atoms with E-state index in [1.165, 1.54) is 33.2 Å². The number of hydrogen-bond donors (Lipinski definition) is 0. The van der Waals surface area contributed by atoms with Gasteiger partial charge in [0.25, 0.3) is 13.4 Å². The molecule has 15 rings (SSSR count). The number of benzene rings is 11. The fourth-order valence-corrected chi connectivity index (χ4v) is 12.2. The van der Waals surface area contributed by atoms with Crippen LogP contribution in [0.15, 0.2) is 249 Å². The van der Waals surface area contributed by atoms with E-state index in [0.717, 1.165) is 107 Å². The Kier molecular flexibility index (Phi) is 9.33. The van der Waals surface area contributed by atoms with Gasteiger partial charge in [-0.2, -0.15) is 0 Å². The van der Waals surface area contributed by atoms with Crippen LogP contribution in [0.25, 0.3) is 44.5 Å². The summed E-state index contributed by atoms with van der Waals surface area (Å²) in [6.45, 7) is 1.91. The second kappa shape index (κ2) is 16.4. The Bertz CT molecular complexity index is 3730. The van der Waals surface area contributed by atoms with Gasteiger partial charge in [-0.3, -0.25) is 0 Å². The molecule has 0 radical (unpaired) electrons. The molecule has 6 heteroatoms.